The maximum Gasteiger partial charge on any atom is 0.226 e. The molecule has 5 rings (SSSR count). The smallest absolute Gasteiger partial charge is 0.226 e. The SMILES string of the molecule is CN(Cc1ccccc1)Cc1cn(C[C@H]2C[C@H]3CCN2C[C@H]3C(=O)N(C)C)nn1. The van der Waals surface area contributed by atoms with Gasteiger partial charge in [-0.2, -0.15) is 0 Å². The number of rotatable bonds is 7. The quantitative estimate of drug-likeness (QED) is 0.713. The van der Waals surface area contributed by atoms with Crippen molar-refractivity contribution >= 4 is 5.91 Å². The highest BCUT2D eigenvalue weighted by molar-refractivity contribution is 5.79. The third-order valence-electron chi connectivity index (χ3n) is 6.35. The summed E-state index contributed by atoms with van der Waals surface area (Å²) in [6, 6.07) is 10.9. The molecule has 1 aromatic carbocycles. The van der Waals surface area contributed by atoms with E-state index in [1.165, 1.54) is 5.56 Å². The molecular formula is C22H32N6O. The number of piperidine rings is 3. The van der Waals surface area contributed by atoms with Crippen molar-refractivity contribution in [3.63, 3.8) is 0 Å². The molecule has 1 unspecified atom stereocenters. The Balaban J connectivity index is 1.31. The summed E-state index contributed by atoms with van der Waals surface area (Å²) in [5, 5.41) is 8.76. The van der Waals surface area contributed by atoms with E-state index in [0.717, 1.165) is 51.3 Å². The van der Waals surface area contributed by atoms with Crippen LogP contribution in [0.3, 0.4) is 0 Å². The maximum atomic E-state index is 12.5. The molecule has 4 atom stereocenters. The van der Waals surface area contributed by atoms with Gasteiger partial charge in [-0.05, 0) is 37.9 Å². The van der Waals surface area contributed by atoms with Crippen molar-refractivity contribution in [2.75, 3.05) is 34.2 Å². The van der Waals surface area contributed by atoms with Crippen LogP contribution in [0.5, 0.6) is 0 Å². The predicted molar refractivity (Wildman–Crippen MR) is 112 cm³/mol. The van der Waals surface area contributed by atoms with Crippen LogP contribution in [0.15, 0.2) is 36.5 Å². The molecule has 3 fully saturated rings. The van der Waals surface area contributed by atoms with Gasteiger partial charge in [0.05, 0.1) is 18.2 Å². The number of amides is 1. The number of benzene rings is 1. The van der Waals surface area contributed by atoms with E-state index in [-0.39, 0.29) is 11.8 Å². The summed E-state index contributed by atoms with van der Waals surface area (Å²) in [4.78, 5) is 18.9. The van der Waals surface area contributed by atoms with Gasteiger partial charge in [0.2, 0.25) is 5.91 Å². The van der Waals surface area contributed by atoms with Crippen LogP contribution in [0, 0.1) is 11.8 Å². The molecule has 0 N–H and O–H groups in total. The van der Waals surface area contributed by atoms with E-state index in [1.807, 2.05) is 24.8 Å². The van der Waals surface area contributed by atoms with Gasteiger partial charge in [-0.1, -0.05) is 35.5 Å². The first-order chi connectivity index (χ1) is 14.0. The van der Waals surface area contributed by atoms with Gasteiger partial charge in [-0.25, -0.2) is 0 Å². The summed E-state index contributed by atoms with van der Waals surface area (Å²) in [5.74, 6) is 0.940. The van der Waals surface area contributed by atoms with Crippen LogP contribution in [0.25, 0.3) is 0 Å². The molecule has 29 heavy (non-hydrogen) atoms. The number of hydrogen-bond acceptors (Lipinski definition) is 5. The largest absolute Gasteiger partial charge is 0.349 e. The average Bonchev–Trinajstić information content (AvgIpc) is 3.15. The van der Waals surface area contributed by atoms with Crippen LogP contribution < -0.4 is 0 Å². The molecule has 0 radical (unpaired) electrons. The standard InChI is InChI=1S/C22H32N6O/c1-25(2)22(29)21-16-27-10-9-18(21)11-20(27)15-28-14-19(23-24-28)13-26(3)12-17-7-5-4-6-8-17/h4-8,14,18,20-21H,9-13,15-16H2,1-3H3/t18-,20-,21-/m1/s1. The average molecular weight is 397 g/mol. The molecule has 4 heterocycles. The molecule has 3 aliphatic rings. The molecule has 7 nitrogen and oxygen atoms in total. The molecule has 156 valence electrons. The molecule has 2 bridgehead atoms. The predicted octanol–water partition coefficient (Wildman–Crippen LogP) is 1.71. The first-order valence-electron chi connectivity index (χ1n) is 10.6. The summed E-state index contributed by atoms with van der Waals surface area (Å²) in [5.41, 5.74) is 2.30. The van der Waals surface area contributed by atoms with E-state index < -0.39 is 0 Å². The Hall–Kier alpha value is -2.25. The molecule has 1 amide bonds. The summed E-state index contributed by atoms with van der Waals surface area (Å²) < 4.78 is 1.99. The third-order valence-corrected chi connectivity index (χ3v) is 6.35. The van der Waals surface area contributed by atoms with Crippen molar-refractivity contribution in [1.82, 2.24) is 29.7 Å². The first kappa shape index (κ1) is 20.0. The van der Waals surface area contributed by atoms with Crippen LogP contribution in [-0.2, 0) is 24.4 Å². The highest BCUT2D eigenvalue weighted by atomic mass is 16.2. The monoisotopic (exact) mass is 396 g/mol. The van der Waals surface area contributed by atoms with Crippen molar-refractivity contribution in [3.8, 4) is 0 Å². The van der Waals surface area contributed by atoms with E-state index in [2.05, 4.69) is 57.6 Å². The molecule has 7 heteroatoms. The fourth-order valence-corrected chi connectivity index (χ4v) is 4.88. The van der Waals surface area contributed by atoms with Gasteiger partial charge in [0.15, 0.2) is 0 Å². The number of carbonyl (C=O) groups is 1. The zero-order chi connectivity index (χ0) is 20.4. The van der Waals surface area contributed by atoms with E-state index >= 15 is 0 Å². The second kappa shape index (κ2) is 8.63. The van der Waals surface area contributed by atoms with Crippen LogP contribution in [-0.4, -0.2) is 75.9 Å². The normalized spacial score (nSPS) is 26.1. The molecule has 3 saturated heterocycles. The van der Waals surface area contributed by atoms with Crippen LogP contribution >= 0.6 is 0 Å². The van der Waals surface area contributed by atoms with Crippen LogP contribution in [0.1, 0.15) is 24.1 Å². The lowest BCUT2D eigenvalue weighted by Gasteiger charge is -2.49. The topological polar surface area (TPSA) is 57.5 Å². The van der Waals surface area contributed by atoms with E-state index in [4.69, 9.17) is 0 Å². The highest BCUT2D eigenvalue weighted by Gasteiger charge is 2.43. The summed E-state index contributed by atoms with van der Waals surface area (Å²) in [6.45, 7) is 4.51. The fraction of sp³-hybridized carbons (Fsp3) is 0.591. The zero-order valence-electron chi connectivity index (χ0n) is 17.7. The Morgan fingerprint density at radius 3 is 2.66 bits per heavy atom. The number of nitrogens with zero attached hydrogens (tertiary/aromatic N) is 6. The summed E-state index contributed by atoms with van der Waals surface area (Å²) >= 11 is 0. The Bertz CT molecular complexity index is 820. The number of aromatic nitrogens is 3. The first-order valence-corrected chi connectivity index (χ1v) is 10.6. The number of carbonyl (C=O) groups excluding carboxylic acids is 1. The maximum absolute atomic E-state index is 12.5. The fourth-order valence-electron chi connectivity index (χ4n) is 4.88. The molecule has 3 aliphatic heterocycles. The minimum Gasteiger partial charge on any atom is -0.349 e. The van der Waals surface area contributed by atoms with Gasteiger partial charge in [0.1, 0.15) is 0 Å². The highest BCUT2D eigenvalue weighted by Crippen LogP contribution is 2.37. The second-order valence-corrected chi connectivity index (χ2v) is 8.86. The molecule has 2 aromatic rings. The lowest BCUT2D eigenvalue weighted by Crippen LogP contribution is -2.57. The van der Waals surface area contributed by atoms with Gasteiger partial charge < -0.3 is 4.90 Å². The van der Waals surface area contributed by atoms with E-state index in [1.54, 1.807) is 4.90 Å². The van der Waals surface area contributed by atoms with Gasteiger partial charge in [-0.15, -0.1) is 5.10 Å². The van der Waals surface area contributed by atoms with Crippen molar-refractivity contribution in [2.45, 2.75) is 38.5 Å². The molecule has 0 aliphatic carbocycles. The Labute approximate surface area is 173 Å². The van der Waals surface area contributed by atoms with E-state index in [9.17, 15) is 4.79 Å². The number of hydrogen-bond donors (Lipinski definition) is 0. The Morgan fingerprint density at radius 1 is 1.17 bits per heavy atom. The molecular weight excluding hydrogens is 364 g/mol. The van der Waals surface area contributed by atoms with E-state index in [0.29, 0.717) is 12.0 Å². The summed E-state index contributed by atoms with van der Waals surface area (Å²) in [7, 11) is 5.84. The lowest BCUT2D eigenvalue weighted by molar-refractivity contribution is -0.141. The minimum absolute atomic E-state index is 0.160. The van der Waals surface area contributed by atoms with Crippen LogP contribution in [0.4, 0.5) is 0 Å². The molecule has 1 aromatic heterocycles. The van der Waals surface area contributed by atoms with Crippen molar-refractivity contribution in [1.29, 1.82) is 0 Å². The zero-order valence-corrected chi connectivity index (χ0v) is 17.7. The Kier molecular flexibility index (Phi) is 5.96. The van der Waals surface area contributed by atoms with Crippen molar-refractivity contribution in [3.05, 3.63) is 47.8 Å². The number of fused-ring (bicyclic) bond motifs is 3. The van der Waals surface area contributed by atoms with Gasteiger partial charge in [-0.3, -0.25) is 19.3 Å². The van der Waals surface area contributed by atoms with Gasteiger partial charge in [0.25, 0.3) is 0 Å². The third kappa shape index (κ3) is 4.67. The minimum atomic E-state index is 0.160. The van der Waals surface area contributed by atoms with Gasteiger partial charge in [0, 0.05) is 46.0 Å². The van der Waals surface area contributed by atoms with Crippen molar-refractivity contribution < 1.29 is 4.79 Å². The van der Waals surface area contributed by atoms with Gasteiger partial charge >= 0.3 is 0 Å². The Morgan fingerprint density at radius 2 is 1.97 bits per heavy atom. The van der Waals surface area contributed by atoms with Crippen LogP contribution in [0.2, 0.25) is 0 Å². The molecule has 0 saturated carbocycles. The summed E-state index contributed by atoms with van der Waals surface area (Å²) in [6.07, 6.45) is 4.29. The molecule has 0 spiro atoms. The van der Waals surface area contributed by atoms with Crippen molar-refractivity contribution in [2.24, 2.45) is 11.8 Å². The second-order valence-electron chi connectivity index (χ2n) is 8.86. The lowest BCUT2D eigenvalue weighted by atomic mass is 9.75.